The van der Waals surface area contributed by atoms with E-state index in [9.17, 15) is 0 Å². The third-order valence-corrected chi connectivity index (χ3v) is 4.27. The topological polar surface area (TPSA) is 12.0 Å². The van der Waals surface area contributed by atoms with Gasteiger partial charge >= 0.3 is 0 Å². The van der Waals surface area contributed by atoms with Crippen LogP contribution in [0.15, 0.2) is 36.4 Å². The number of hydrogen-bond acceptors (Lipinski definition) is 1. The summed E-state index contributed by atoms with van der Waals surface area (Å²) in [6.45, 7) is 4.30. The summed E-state index contributed by atoms with van der Waals surface area (Å²) < 4.78 is 0. The normalized spacial score (nSPS) is 12.4. The quantitative estimate of drug-likeness (QED) is 0.827. The summed E-state index contributed by atoms with van der Waals surface area (Å²) in [7, 11) is 1.99. The van der Waals surface area contributed by atoms with Crippen molar-refractivity contribution in [2.24, 2.45) is 0 Å². The Kier molecular flexibility index (Phi) is 5.09. The molecule has 0 aliphatic carbocycles. The van der Waals surface area contributed by atoms with Crippen molar-refractivity contribution < 1.29 is 0 Å². The van der Waals surface area contributed by atoms with Crippen LogP contribution in [0, 0.1) is 13.8 Å². The number of rotatable bonds is 4. The molecule has 2 aromatic carbocycles. The molecule has 0 amide bonds. The van der Waals surface area contributed by atoms with Gasteiger partial charge < -0.3 is 5.32 Å². The summed E-state index contributed by atoms with van der Waals surface area (Å²) in [4.78, 5) is 0. The highest BCUT2D eigenvalue weighted by Crippen LogP contribution is 2.29. The van der Waals surface area contributed by atoms with Crippen LogP contribution in [-0.4, -0.2) is 7.05 Å². The molecule has 2 aromatic rings. The highest BCUT2D eigenvalue weighted by molar-refractivity contribution is 6.35. The van der Waals surface area contributed by atoms with Gasteiger partial charge in [-0.1, -0.05) is 47.5 Å². The van der Waals surface area contributed by atoms with Crippen molar-refractivity contribution in [3.63, 3.8) is 0 Å². The minimum atomic E-state index is 0.245. The van der Waals surface area contributed by atoms with Gasteiger partial charge in [-0.3, -0.25) is 0 Å². The maximum atomic E-state index is 6.29. The van der Waals surface area contributed by atoms with Crippen LogP contribution in [0.2, 0.25) is 10.0 Å². The molecule has 0 heterocycles. The fourth-order valence-corrected chi connectivity index (χ4v) is 3.12. The molecular weight excluding hydrogens is 289 g/mol. The highest BCUT2D eigenvalue weighted by atomic mass is 35.5. The van der Waals surface area contributed by atoms with E-state index in [4.69, 9.17) is 23.2 Å². The average molecular weight is 308 g/mol. The first-order valence-corrected chi connectivity index (χ1v) is 7.46. The predicted molar refractivity (Wildman–Crippen MR) is 87.9 cm³/mol. The minimum absolute atomic E-state index is 0.245. The molecule has 0 radical (unpaired) electrons. The van der Waals surface area contributed by atoms with Crippen LogP contribution in [0.4, 0.5) is 0 Å². The summed E-state index contributed by atoms with van der Waals surface area (Å²) >= 11 is 12.2. The Morgan fingerprint density at radius 1 is 1.05 bits per heavy atom. The fraction of sp³-hybridized carbons (Fsp3) is 0.294. The molecule has 0 saturated heterocycles. The first kappa shape index (κ1) is 15.4. The molecule has 0 aliphatic rings. The van der Waals surface area contributed by atoms with Crippen LogP contribution < -0.4 is 5.32 Å². The second kappa shape index (κ2) is 6.62. The molecule has 0 saturated carbocycles. The van der Waals surface area contributed by atoms with Crippen molar-refractivity contribution in [2.45, 2.75) is 26.3 Å². The number of nitrogens with one attached hydrogen (secondary N) is 1. The third kappa shape index (κ3) is 3.35. The Hall–Kier alpha value is -1.02. The zero-order valence-electron chi connectivity index (χ0n) is 12.0. The number of benzene rings is 2. The van der Waals surface area contributed by atoms with E-state index in [2.05, 4.69) is 37.4 Å². The number of likely N-dealkylation sites (N-methyl/N-ethyl adjacent to an activating group) is 1. The van der Waals surface area contributed by atoms with E-state index < -0.39 is 0 Å². The lowest BCUT2D eigenvalue weighted by Crippen LogP contribution is -2.21. The van der Waals surface area contributed by atoms with Crippen LogP contribution in [0.25, 0.3) is 0 Å². The van der Waals surface area contributed by atoms with Gasteiger partial charge in [0.25, 0.3) is 0 Å². The van der Waals surface area contributed by atoms with Gasteiger partial charge in [0, 0.05) is 16.1 Å². The summed E-state index contributed by atoms with van der Waals surface area (Å²) in [6, 6.07) is 12.3. The zero-order chi connectivity index (χ0) is 14.7. The Labute approximate surface area is 130 Å². The molecule has 1 N–H and O–H groups in total. The molecule has 20 heavy (non-hydrogen) atoms. The van der Waals surface area contributed by atoms with Crippen molar-refractivity contribution in [2.75, 3.05) is 7.05 Å². The molecule has 0 fully saturated rings. The first-order valence-electron chi connectivity index (χ1n) is 6.70. The second-order valence-corrected chi connectivity index (χ2v) is 5.93. The van der Waals surface area contributed by atoms with Gasteiger partial charge in [0.05, 0.1) is 0 Å². The summed E-state index contributed by atoms with van der Waals surface area (Å²) in [5.41, 5.74) is 5.06. The molecule has 0 bridgehead atoms. The van der Waals surface area contributed by atoms with Crippen LogP contribution in [0.3, 0.4) is 0 Å². The Balaban J connectivity index is 2.34. The zero-order valence-corrected chi connectivity index (χ0v) is 13.5. The van der Waals surface area contributed by atoms with Gasteiger partial charge in [-0.05, 0) is 61.7 Å². The Morgan fingerprint density at radius 2 is 1.70 bits per heavy atom. The summed E-state index contributed by atoms with van der Waals surface area (Å²) in [5, 5.41) is 4.80. The summed E-state index contributed by atoms with van der Waals surface area (Å²) in [5.74, 6) is 0. The molecule has 0 spiro atoms. The van der Waals surface area contributed by atoms with E-state index in [1.54, 1.807) is 6.07 Å². The lowest BCUT2D eigenvalue weighted by Gasteiger charge is -2.22. The van der Waals surface area contributed by atoms with E-state index in [-0.39, 0.29) is 6.04 Å². The van der Waals surface area contributed by atoms with Crippen molar-refractivity contribution in [1.82, 2.24) is 5.32 Å². The van der Waals surface area contributed by atoms with Gasteiger partial charge in [0.15, 0.2) is 0 Å². The minimum Gasteiger partial charge on any atom is -0.313 e. The number of halogens is 2. The molecule has 1 nitrogen and oxygen atoms in total. The van der Waals surface area contributed by atoms with Crippen LogP contribution in [-0.2, 0) is 6.42 Å². The van der Waals surface area contributed by atoms with E-state index in [1.807, 2.05) is 19.2 Å². The van der Waals surface area contributed by atoms with Gasteiger partial charge in [-0.25, -0.2) is 0 Å². The monoisotopic (exact) mass is 307 g/mol. The maximum absolute atomic E-state index is 6.29. The molecule has 106 valence electrons. The number of hydrogen-bond donors (Lipinski definition) is 1. The SMILES string of the molecule is CNC(Cc1ccc(Cl)cc1Cl)c1c(C)cccc1C. The van der Waals surface area contributed by atoms with Crippen molar-refractivity contribution >= 4 is 23.2 Å². The molecule has 3 heteroatoms. The summed E-state index contributed by atoms with van der Waals surface area (Å²) in [6.07, 6.45) is 0.845. The maximum Gasteiger partial charge on any atom is 0.0453 e. The third-order valence-electron chi connectivity index (χ3n) is 3.68. The molecular formula is C17H19Cl2N. The van der Waals surface area contributed by atoms with E-state index in [0.717, 1.165) is 17.0 Å². The fourth-order valence-electron chi connectivity index (χ4n) is 2.63. The largest absolute Gasteiger partial charge is 0.313 e. The molecule has 2 rings (SSSR count). The van der Waals surface area contributed by atoms with Gasteiger partial charge in [0.1, 0.15) is 0 Å². The van der Waals surface area contributed by atoms with E-state index in [1.165, 1.54) is 16.7 Å². The molecule has 0 aromatic heterocycles. The molecule has 0 aliphatic heterocycles. The van der Waals surface area contributed by atoms with E-state index in [0.29, 0.717) is 5.02 Å². The van der Waals surface area contributed by atoms with Crippen LogP contribution >= 0.6 is 23.2 Å². The van der Waals surface area contributed by atoms with Crippen LogP contribution in [0.5, 0.6) is 0 Å². The van der Waals surface area contributed by atoms with Gasteiger partial charge in [0.2, 0.25) is 0 Å². The van der Waals surface area contributed by atoms with Crippen molar-refractivity contribution in [1.29, 1.82) is 0 Å². The molecule has 1 atom stereocenters. The average Bonchev–Trinajstić information content (AvgIpc) is 2.39. The Morgan fingerprint density at radius 3 is 2.25 bits per heavy atom. The van der Waals surface area contributed by atoms with Crippen molar-refractivity contribution in [3.05, 3.63) is 68.7 Å². The predicted octanol–water partition coefficient (Wildman–Crippen LogP) is 5.11. The van der Waals surface area contributed by atoms with Crippen LogP contribution in [0.1, 0.15) is 28.3 Å². The lowest BCUT2D eigenvalue weighted by atomic mass is 9.92. The Bertz CT molecular complexity index is 588. The van der Waals surface area contributed by atoms with E-state index >= 15 is 0 Å². The van der Waals surface area contributed by atoms with Gasteiger partial charge in [-0.2, -0.15) is 0 Å². The second-order valence-electron chi connectivity index (χ2n) is 5.09. The standard InChI is InChI=1S/C17H19Cl2N/c1-11-5-4-6-12(2)17(11)16(20-3)9-13-7-8-14(18)10-15(13)19/h4-8,10,16,20H,9H2,1-3H3. The highest BCUT2D eigenvalue weighted by Gasteiger charge is 2.16. The molecule has 1 unspecified atom stereocenters. The van der Waals surface area contributed by atoms with Gasteiger partial charge in [-0.15, -0.1) is 0 Å². The first-order chi connectivity index (χ1) is 9.52. The van der Waals surface area contributed by atoms with Crippen molar-refractivity contribution in [3.8, 4) is 0 Å². The number of aryl methyl sites for hydroxylation is 2. The lowest BCUT2D eigenvalue weighted by molar-refractivity contribution is 0.586. The smallest absolute Gasteiger partial charge is 0.0453 e.